The average Bonchev–Trinajstić information content (AvgIpc) is 3.66. The lowest BCUT2D eigenvalue weighted by Gasteiger charge is -2.44. The summed E-state index contributed by atoms with van der Waals surface area (Å²) in [6.45, 7) is 5.65. The highest BCUT2D eigenvalue weighted by molar-refractivity contribution is 7.90. The van der Waals surface area contributed by atoms with Crippen LogP contribution in [-0.2, 0) is 30.9 Å². The molecule has 2 amide bonds. The fourth-order valence-corrected chi connectivity index (χ4v) is 8.08. The Bertz CT molecular complexity index is 1930. The van der Waals surface area contributed by atoms with E-state index in [1.54, 1.807) is 70.5 Å². The van der Waals surface area contributed by atoms with Crippen LogP contribution >= 0.6 is 0 Å². The molecule has 2 fully saturated rings. The van der Waals surface area contributed by atoms with Gasteiger partial charge in [0, 0.05) is 23.2 Å². The Morgan fingerprint density at radius 1 is 0.933 bits per heavy atom. The lowest BCUT2D eigenvalue weighted by molar-refractivity contribution is -0.162. The first-order chi connectivity index (χ1) is 21.5. The van der Waals surface area contributed by atoms with Crippen molar-refractivity contribution in [2.45, 2.75) is 63.2 Å². The number of aromatic nitrogens is 1. The number of hydrogen-bond acceptors (Lipinski definition) is 7. The fourth-order valence-electron chi connectivity index (χ4n) is 6.67. The number of carbonyl (C=O) groups is 3. The number of esters is 1. The van der Waals surface area contributed by atoms with Gasteiger partial charge in [0.15, 0.2) is 0 Å². The van der Waals surface area contributed by atoms with E-state index in [0.717, 1.165) is 5.56 Å². The number of hydrogen-bond donors (Lipinski definition) is 0. The highest BCUT2D eigenvalue weighted by Crippen LogP contribution is 2.41. The Hall–Kier alpha value is -4.64. The molecule has 2 aliphatic heterocycles. The first kappa shape index (κ1) is 30.4. The van der Waals surface area contributed by atoms with Crippen LogP contribution in [-0.4, -0.2) is 66.3 Å². The van der Waals surface area contributed by atoms with Crippen molar-refractivity contribution in [1.29, 1.82) is 0 Å². The molecule has 0 N–H and O–H groups in total. The van der Waals surface area contributed by atoms with Gasteiger partial charge in [-0.25, -0.2) is 17.2 Å². The van der Waals surface area contributed by atoms with Crippen molar-refractivity contribution in [2.24, 2.45) is 0 Å². The molecule has 1 unspecified atom stereocenters. The highest BCUT2D eigenvalue weighted by atomic mass is 32.2. The van der Waals surface area contributed by atoms with E-state index in [-0.39, 0.29) is 29.3 Å². The summed E-state index contributed by atoms with van der Waals surface area (Å²) in [5.41, 5.74) is 3.57. The number of benzene rings is 3. The van der Waals surface area contributed by atoms with Crippen molar-refractivity contribution in [1.82, 2.24) is 13.8 Å². The summed E-state index contributed by atoms with van der Waals surface area (Å²) in [6, 6.07) is 15.0. The molecule has 3 atom stereocenters. The van der Waals surface area contributed by atoms with Crippen LogP contribution in [0.3, 0.4) is 0 Å². The van der Waals surface area contributed by atoms with Gasteiger partial charge in [-0.15, -0.1) is 0 Å². The lowest BCUT2D eigenvalue weighted by atomic mass is 9.95. The quantitative estimate of drug-likeness (QED) is 0.271. The Morgan fingerprint density at radius 2 is 1.62 bits per heavy atom. The molecule has 6 rings (SSSR count). The molecule has 0 saturated carbocycles. The monoisotopic (exact) mass is 629 g/mol. The second-order valence-corrected chi connectivity index (χ2v) is 13.6. The number of methoxy groups -OCH3 is 2. The summed E-state index contributed by atoms with van der Waals surface area (Å²) in [5.74, 6) is -0.414. The zero-order valence-electron chi connectivity index (χ0n) is 25.8. The number of nitrogens with zero attached hydrogens (tertiary/aromatic N) is 3. The van der Waals surface area contributed by atoms with Crippen LogP contribution in [0.2, 0.25) is 0 Å². The Morgan fingerprint density at radius 3 is 2.27 bits per heavy atom. The van der Waals surface area contributed by atoms with Crippen LogP contribution < -0.4 is 4.74 Å². The second kappa shape index (κ2) is 11.4. The van der Waals surface area contributed by atoms with Gasteiger partial charge in [-0.3, -0.25) is 9.59 Å². The van der Waals surface area contributed by atoms with E-state index in [1.165, 1.54) is 24.4 Å². The molecule has 0 spiro atoms. The molecular weight excluding hydrogens is 594 g/mol. The maximum absolute atomic E-state index is 14.2. The summed E-state index contributed by atoms with van der Waals surface area (Å²) in [7, 11) is -1.12. The normalized spacial score (nSPS) is 20.1. The van der Waals surface area contributed by atoms with Gasteiger partial charge in [0.1, 0.15) is 17.8 Å². The largest absolute Gasteiger partial charge is 0.496 e. The maximum Gasteiger partial charge on any atom is 0.337 e. The van der Waals surface area contributed by atoms with E-state index in [9.17, 15) is 22.8 Å². The van der Waals surface area contributed by atoms with Crippen LogP contribution in [0.1, 0.15) is 58.4 Å². The first-order valence-electron chi connectivity index (χ1n) is 14.8. The number of aryl methyl sites for hydroxylation is 2. The maximum atomic E-state index is 14.2. The second-order valence-electron chi connectivity index (χ2n) is 11.7. The van der Waals surface area contributed by atoms with Gasteiger partial charge in [0.25, 0.3) is 15.9 Å². The van der Waals surface area contributed by atoms with Crippen LogP contribution in [0, 0.1) is 13.8 Å². The van der Waals surface area contributed by atoms with Crippen LogP contribution in [0.4, 0.5) is 0 Å². The fraction of sp³-hybridized carbons (Fsp3) is 0.324. The Balaban J connectivity index is 1.48. The molecule has 0 aliphatic carbocycles. The van der Waals surface area contributed by atoms with Gasteiger partial charge in [-0.1, -0.05) is 29.8 Å². The molecule has 11 heteroatoms. The number of amides is 2. The van der Waals surface area contributed by atoms with Crippen LogP contribution in [0.5, 0.6) is 5.75 Å². The molecule has 0 radical (unpaired) electrons. The molecule has 3 heterocycles. The van der Waals surface area contributed by atoms with Gasteiger partial charge >= 0.3 is 5.97 Å². The lowest BCUT2D eigenvalue weighted by Crippen LogP contribution is -2.59. The van der Waals surface area contributed by atoms with Gasteiger partial charge in [-0.2, -0.15) is 0 Å². The minimum atomic E-state index is -3.94. The van der Waals surface area contributed by atoms with E-state index in [1.807, 2.05) is 20.8 Å². The summed E-state index contributed by atoms with van der Waals surface area (Å²) >= 11 is 0. The predicted octanol–water partition coefficient (Wildman–Crippen LogP) is 4.75. The summed E-state index contributed by atoms with van der Waals surface area (Å²) < 4.78 is 39.5. The predicted molar refractivity (Wildman–Crippen MR) is 167 cm³/mol. The Kier molecular flexibility index (Phi) is 7.68. The van der Waals surface area contributed by atoms with Crippen molar-refractivity contribution in [3.05, 3.63) is 94.7 Å². The van der Waals surface area contributed by atoms with E-state index in [4.69, 9.17) is 9.47 Å². The number of fused-ring (bicyclic) bond motifs is 2. The van der Waals surface area contributed by atoms with Crippen molar-refractivity contribution >= 4 is 38.7 Å². The first-order valence-corrected chi connectivity index (χ1v) is 16.2. The molecule has 4 aromatic rings. The zero-order valence-corrected chi connectivity index (χ0v) is 26.6. The summed E-state index contributed by atoms with van der Waals surface area (Å²) in [6.07, 6.45) is 2.78. The minimum absolute atomic E-state index is 0.00125. The smallest absolute Gasteiger partial charge is 0.337 e. The molecule has 3 aromatic carbocycles. The SMILES string of the molecule is COC(=O)c1ccc(C2C(=O)N3[C@@H](C)CC[C@H]3C(=O)N2Cc2c(OC)cc(C)c3c2ccn3S(=O)(=O)c2ccc(C)cc2)cc1. The molecule has 10 nitrogen and oxygen atoms in total. The number of ether oxygens (including phenoxy) is 2. The van der Waals surface area contributed by atoms with Crippen molar-refractivity contribution in [2.75, 3.05) is 14.2 Å². The van der Waals surface area contributed by atoms with Crippen molar-refractivity contribution in [3.8, 4) is 5.75 Å². The van der Waals surface area contributed by atoms with Crippen molar-refractivity contribution in [3.63, 3.8) is 0 Å². The summed E-state index contributed by atoms with van der Waals surface area (Å²) in [5, 5.41) is 0.602. The van der Waals surface area contributed by atoms with Gasteiger partial charge in [0.2, 0.25) is 5.91 Å². The topological polar surface area (TPSA) is 115 Å². The molecule has 2 saturated heterocycles. The van der Waals surface area contributed by atoms with Crippen LogP contribution in [0.25, 0.3) is 10.9 Å². The number of piperazine rings is 1. The number of carbonyl (C=O) groups excluding carboxylic acids is 3. The number of rotatable bonds is 7. The van der Waals surface area contributed by atoms with E-state index in [2.05, 4.69) is 0 Å². The molecule has 1 aromatic heterocycles. The Labute approximate surface area is 262 Å². The minimum Gasteiger partial charge on any atom is -0.496 e. The van der Waals surface area contributed by atoms with E-state index < -0.39 is 28.1 Å². The third-order valence-corrected chi connectivity index (χ3v) is 10.7. The highest BCUT2D eigenvalue weighted by Gasteiger charge is 2.51. The van der Waals surface area contributed by atoms with Crippen LogP contribution in [0.15, 0.2) is 71.8 Å². The van der Waals surface area contributed by atoms with Gasteiger partial charge < -0.3 is 19.3 Å². The third-order valence-electron chi connectivity index (χ3n) is 9.01. The standard InChI is InChI=1S/C34H35N3O7S/c1-20-6-13-25(14-7-20)45(41,42)36-17-16-26-27(29(43-4)18-21(2)30(26)36)19-35-31(23-9-11-24(12-10-23)34(40)44-5)33(39)37-22(3)8-15-28(37)32(35)38/h6-7,9-14,16-18,22,28,31H,8,15,19H2,1-5H3/t22-,28-,31?/m0/s1. The molecule has 234 valence electrons. The van der Waals surface area contributed by atoms with Gasteiger partial charge in [-0.05, 0) is 81.1 Å². The third kappa shape index (κ3) is 4.95. The molecule has 45 heavy (non-hydrogen) atoms. The van der Waals surface area contributed by atoms with Gasteiger partial charge in [0.05, 0.1) is 36.7 Å². The summed E-state index contributed by atoms with van der Waals surface area (Å²) in [4.78, 5) is 43.9. The average molecular weight is 630 g/mol. The molecule has 0 bridgehead atoms. The van der Waals surface area contributed by atoms with E-state index in [0.29, 0.717) is 51.7 Å². The van der Waals surface area contributed by atoms with Crippen molar-refractivity contribution < 1.29 is 32.3 Å². The molecule has 2 aliphatic rings. The van der Waals surface area contributed by atoms with E-state index >= 15 is 0 Å². The zero-order chi connectivity index (χ0) is 32.2. The molecular formula is C34H35N3O7S.